The molecule has 1 amide bonds. The Hall–Kier alpha value is -2.31. The van der Waals surface area contributed by atoms with E-state index >= 15 is 0 Å². The maximum Gasteiger partial charge on any atom is 0.328 e. The summed E-state index contributed by atoms with van der Waals surface area (Å²) in [4.78, 5) is 25.4. The second kappa shape index (κ2) is 10.9. The van der Waals surface area contributed by atoms with Crippen LogP contribution in [0.1, 0.15) is 36.2 Å². The Balaban J connectivity index is 2.32. The zero-order valence-corrected chi connectivity index (χ0v) is 17.3. The normalized spacial score (nSPS) is 11.9. The monoisotopic (exact) mass is 401 g/mol. The minimum absolute atomic E-state index is 0.112. The quantitative estimate of drug-likeness (QED) is 0.628. The van der Waals surface area contributed by atoms with E-state index in [0.717, 1.165) is 11.3 Å². The number of carbonyl (C=O) groups is 2. The van der Waals surface area contributed by atoms with Gasteiger partial charge in [-0.05, 0) is 61.1 Å². The van der Waals surface area contributed by atoms with Gasteiger partial charge < -0.3 is 15.2 Å². The highest BCUT2D eigenvalue weighted by molar-refractivity contribution is 7.98. The number of thioether (sulfide) groups is 1. The first-order chi connectivity index (χ1) is 13.5. The van der Waals surface area contributed by atoms with Crippen molar-refractivity contribution in [1.82, 2.24) is 5.32 Å². The highest BCUT2D eigenvalue weighted by Crippen LogP contribution is 2.25. The predicted molar refractivity (Wildman–Crippen MR) is 113 cm³/mol. The summed E-state index contributed by atoms with van der Waals surface area (Å²) in [7, 11) is 0. The largest absolute Gasteiger partial charge is 0.461 e. The van der Waals surface area contributed by atoms with E-state index < -0.39 is 12.0 Å². The Labute approximate surface area is 170 Å². The summed E-state index contributed by atoms with van der Waals surface area (Å²) >= 11 is 1.61. The van der Waals surface area contributed by atoms with Crippen LogP contribution in [-0.4, -0.2) is 41.1 Å². The SMILES string of the molecule is CSCC[C@H](NC(=O)c1ccc(CO)cc1-c1ccccc1)C(=O)OC(C)C. The van der Waals surface area contributed by atoms with Crippen molar-refractivity contribution in [2.24, 2.45) is 0 Å². The standard InChI is InChI=1S/C22H27NO4S/c1-15(2)27-22(26)20(11-12-28-3)23-21(25)18-10-9-16(14-24)13-19(18)17-7-5-4-6-8-17/h4-10,13,15,20,24H,11-12,14H2,1-3H3,(H,23,25)/t20-/m0/s1. The van der Waals surface area contributed by atoms with Crippen molar-refractivity contribution in [2.75, 3.05) is 12.0 Å². The third-order valence-corrected chi connectivity index (χ3v) is 4.79. The van der Waals surface area contributed by atoms with E-state index in [4.69, 9.17) is 4.74 Å². The number of rotatable bonds is 9. The van der Waals surface area contributed by atoms with Gasteiger partial charge >= 0.3 is 5.97 Å². The Morgan fingerprint density at radius 1 is 1.14 bits per heavy atom. The van der Waals surface area contributed by atoms with E-state index in [0.29, 0.717) is 23.1 Å². The van der Waals surface area contributed by atoms with Gasteiger partial charge in [-0.1, -0.05) is 36.4 Å². The average Bonchev–Trinajstić information content (AvgIpc) is 2.70. The molecule has 0 saturated carbocycles. The number of benzene rings is 2. The molecule has 2 rings (SSSR count). The molecule has 0 unspecified atom stereocenters. The molecule has 0 aliphatic heterocycles. The third-order valence-electron chi connectivity index (χ3n) is 4.15. The lowest BCUT2D eigenvalue weighted by molar-refractivity contribution is -0.149. The lowest BCUT2D eigenvalue weighted by Crippen LogP contribution is -2.43. The van der Waals surface area contributed by atoms with Crippen LogP contribution < -0.4 is 5.32 Å². The topological polar surface area (TPSA) is 75.6 Å². The second-order valence-electron chi connectivity index (χ2n) is 6.70. The van der Waals surface area contributed by atoms with Crippen molar-refractivity contribution < 1.29 is 19.4 Å². The number of esters is 1. The van der Waals surface area contributed by atoms with Gasteiger partial charge in [-0.15, -0.1) is 0 Å². The maximum absolute atomic E-state index is 13.0. The molecule has 0 aromatic heterocycles. The molecule has 0 fully saturated rings. The Kier molecular flexibility index (Phi) is 8.54. The highest BCUT2D eigenvalue weighted by Gasteiger charge is 2.24. The van der Waals surface area contributed by atoms with Gasteiger partial charge in [-0.25, -0.2) is 4.79 Å². The Morgan fingerprint density at radius 3 is 2.46 bits per heavy atom. The van der Waals surface area contributed by atoms with Crippen LogP contribution >= 0.6 is 11.8 Å². The predicted octanol–water partition coefficient (Wildman–Crippen LogP) is 3.65. The van der Waals surface area contributed by atoms with Crippen LogP contribution in [-0.2, 0) is 16.1 Å². The van der Waals surface area contributed by atoms with E-state index in [1.165, 1.54) is 0 Å². The molecule has 0 aliphatic carbocycles. The fourth-order valence-electron chi connectivity index (χ4n) is 2.78. The minimum atomic E-state index is -0.705. The van der Waals surface area contributed by atoms with Gasteiger partial charge in [0.05, 0.1) is 12.7 Å². The number of aliphatic hydroxyl groups excluding tert-OH is 1. The second-order valence-corrected chi connectivity index (χ2v) is 7.68. The Bertz CT molecular complexity index is 792. The smallest absolute Gasteiger partial charge is 0.328 e. The van der Waals surface area contributed by atoms with Gasteiger partial charge in [0.1, 0.15) is 6.04 Å². The van der Waals surface area contributed by atoms with Crippen LogP contribution in [0.5, 0.6) is 0 Å². The van der Waals surface area contributed by atoms with Crippen LogP contribution in [0.4, 0.5) is 0 Å². The van der Waals surface area contributed by atoms with Crippen LogP contribution in [0.2, 0.25) is 0 Å². The van der Waals surface area contributed by atoms with E-state index in [1.54, 1.807) is 43.8 Å². The lowest BCUT2D eigenvalue weighted by Gasteiger charge is -2.20. The first kappa shape index (κ1) is 22.0. The first-order valence-corrected chi connectivity index (χ1v) is 10.6. The number of nitrogens with one attached hydrogen (secondary N) is 1. The summed E-state index contributed by atoms with van der Waals surface area (Å²) in [5.41, 5.74) is 2.75. The average molecular weight is 402 g/mol. The molecule has 2 aromatic rings. The lowest BCUT2D eigenvalue weighted by atomic mass is 9.96. The summed E-state index contributed by atoms with van der Waals surface area (Å²) in [5.74, 6) is -0.0339. The summed E-state index contributed by atoms with van der Waals surface area (Å²) < 4.78 is 5.30. The van der Waals surface area contributed by atoms with Gasteiger partial charge in [-0.2, -0.15) is 11.8 Å². The molecule has 0 aliphatic rings. The van der Waals surface area contributed by atoms with Crippen molar-refractivity contribution in [3.8, 4) is 11.1 Å². The van der Waals surface area contributed by atoms with Crippen molar-refractivity contribution in [3.63, 3.8) is 0 Å². The van der Waals surface area contributed by atoms with Crippen molar-refractivity contribution in [1.29, 1.82) is 0 Å². The van der Waals surface area contributed by atoms with E-state index in [1.807, 2.05) is 36.6 Å². The van der Waals surface area contributed by atoms with Crippen LogP contribution in [0, 0.1) is 0 Å². The molecule has 2 N–H and O–H groups in total. The molecule has 2 aromatic carbocycles. The summed E-state index contributed by atoms with van der Waals surface area (Å²) in [6.07, 6.45) is 2.20. The van der Waals surface area contributed by atoms with Gasteiger partial charge in [0.25, 0.3) is 5.91 Å². The van der Waals surface area contributed by atoms with Crippen molar-refractivity contribution >= 4 is 23.6 Å². The number of hydrogen-bond acceptors (Lipinski definition) is 5. The summed E-state index contributed by atoms with van der Waals surface area (Å²) in [6, 6.07) is 14.0. The van der Waals surface area contributed by atoms with Crippen LogP contribution in [0.25, 0.3) is 11.1 Å². The van der Waals surface area contributed by atoms with Gasteiger partial charge in [0.15, 0.2) is 0 Å². The van der Waals surface area contributed by atoms with E-state index in [-0.39, 0.29) is 18.6 Å². The summed E-state index contributed by atoms with van der Waals surface area (Å²) in [5, 5.41) is 12.3. The molecule has 0 radical (unpaired) electrons. The fraction of sp³-hybridized carbons (Fsp3) is 0.364. The number of amides is 1. The first-order valence-electron chi connectivity index (χ1n) is 9.25. The zero-order valence-electron chi connectivity index (χ0n) is 16.5. The van der Waals surface area contributed by atoms with Gasteiger partial charge in [-0.3, -0.25) is 4.79 Å². The molecule has 0 bridgehead atoms. The fourth-order valence-corrected chi connectivity index (χ4v) is 3.25. The Morgan fingerprint density at radius 2 is 1.86 bits per heavy atom. The van der Waals surface area contributed by atoms with Crippen LogP contribution in [0.15, 0.2) is 48.5 Å². The molecule has 28 heavy (non-hydrogen) atoms. The molecule has 6 heteroatoms. The number of aliphatic hydroxyl groups is 1. The molecule has 0 saturated heterocycles. The van der Waals surface area contributed by atoms with Crippen molar-refractivity contribution in [2.45, 2.75) is 39.0 Å². The van der Waals surface area contributed by atoms with Gasteiger partial charge in [0, 0.05) is 5.56 Å². The third kappa shape index (κ3) is 6.11. The zero-order chi connectivity index (χ0) is 20.5. The molecule has 150 valence electrons. The minimum Gasteiger partial charge on any atom is -0.461 e. The molecular formula is C22H27NO4S. The molecule has 0 heterocycles. The number of carbonyl (C=O) groups excluding carboxylic acids is 2. The number of ether oxygens (including phenoxy) is 1. The molecule has 0 spiro atoms. The molecular weight excluding hydrogens is 374 g/mol. The van der Waals surface area contributed by atoms with Crippen molar-refractivity contribution in [3.05, 3.63) is 59.7 Å². The maximum atomic E-state index is 13.0. The summed E-state index contributed by atoms with van der Waals surface area (Å²) in [6.45, 7) is 3.46. The molecule has 5 nitrogen and oxygen atoms in total. The van der Waals surface area contributed by atoms with Crippen LogP contribution in [0.3, 0.4) is 0 Å². The number of hydrogen-bond donors (Lipinski definition) is 2. The van der Waals surface area contributed by atoms with Gasteiger partial charge in [0.2, 0.25) is 0 Å². The van der Waals surface area contributed by atoms with E-state index in [9.17, 15) is 14.7 Å². The molecule has 1 atom stereocenters. The van der Waals surface area contributed by atoms with E-state index in [2.05, 4.69) is 5.32 Å². The highest BCUT2D eigenvalue weighted by atomic mass is 32.2.